The van der Waals surface area contributed by atoms with Crippen LogP contribution in [0.3, 0.4) is 0 Å². The summed E-state index contributed by atoms with van der Waals surface area (Å²) in [7, 11) is 1.47. The zero-order valence-electron chi connectivity index (χ0n) is 18.8. The number of phenolic OH excluding ortho intramolecular Hbond substituents is 1. The van der Waals surface area contributed by atoms with Crippen molar-refractivity contribution in [3.63, 3.8) is 0 Å². The number of thioether (sulfide) groups is 1. The van der Waals surface area contributed by atoms with Crippen LogP contribution >= 0.6 is 23.4 Å². The molecule has 0 spiro atoms. The fraction of sp³-hybridized carbons (Fsp3) is 0.125. The maximum absolute atomic E-state index is 12.5. The zero-order chi connectivity index (χ0) is 24.8. The number of hydrogen-bond acceptors (Lipinski definition) is 8. The monoisotopic (exact) mass is 508 g/mol. The molecular weight excluding hydrogens is 488 g/mol. The number of carbonyl (C=O) groups is 1. The average Bonchev–Trinajstić information content (AvgIpc) is 3.31. The molecule has 35 heavy (non-hydrogen) atoms. The maximum Gasteiger partial charge on any atom is 0.250 e. The Balaban J connectivity index is 1.50. The van der Waals surface area contributed by atoms with Gasteiger partial charge in [-0.25, -0.2) is 5.43 Å². The van der Waals surface area contributed by atoms with Crippen molar-refractivity contribution in [2.75, 3.05) is 12.9 Å². The zero-order valence-corrected chi connectivity index (χ0v) is 20.4. The number of carbonyl (C=O) groups excluding carboxylic acids is 1. The molecule has 0 atom stereocenters. The van der Waals surface area contributed by atoms with Crippen molar-refractivity contribution in [1.82, 2.24) is 25.2 Å². The first-order valence-electron chi connectivity index (χ1n) is 10.4. The number of ether oxygens (including phenoxy) is 1. The molecule has 4 rings (SSSR count). The van der Waals surface area contributed by atoms with Crippen LogP contribution in [0.25, 0.3) is 17.1 Å². The third-order valence-electron chi connectivity index (χ3n) is 4.93. The van der Waals surface area contributed by atoms with Gasteiger partial charge in [0.05, 0.1) is 18.6 Å². The Hall–Kier alpha value is -3.89. The number of nitrogens with zero attached hydrogens (tertiary/aromatic N) is 5. The van der Waals surface area contributed by atoms with Gasteiger partial charge in [-0.05, 0) is 61.5 Å². The Morgan fingerprint density at radius 3 is 2.60 bits per heavy atom. The van der Waals surface area contributed by atoms with E-state index in [9.17, 15) is 9.90 Å². The molecule has 11 heteroatoms. The van der Waals surface area contributed by atoms with E-state index < -0.39 is 0 Å². The predicted octanol–water partition coefficient (Wildman–Crippen LogP) is 4.33. The summed E-state index contributed by atoms with van der Waals surface area (Å²) < 4.78 is 6.98. The quantitative estimate of drug-likeness (QED) is 0.207. The van der Waals surface area contributed by atoms with Crippen LogP contribution in [0.4, 0.5) is 0 Å². The van der Waals surface area contributed by atoms with E-state index in [0.29, 0.717) is 33.0 Å². The molecule has 178 valence electrons. The minimum Gasteiger partial charge on any atom is -0.504 e. The summed E-state index contributed by atoms with van der Waals surface area (Å²) in [6, 6.07) is 15.8. The molecule has 2 aromatic heterocycles. The van der Waals surface area contributed by atoms with Crippen LogP contribution in [0.2, 0.25) is 5.02 Å². The molecule has 0 unspecified atom stereocenters. The van der Waals surface area contributed by atoms with E-state index in [4.69, 9.17) is 16.3 Å². The lowest BCUT2D eigenvalue weighted by Gasteiger charge is -2.10. The molecule has 0 bridgehead atoms. The Morgan fingerprint density at radius 2 is 1.89 bits per heavy atom. The second-order valence-electron chi connectivity index (χ2n) is 7.26. The highest BCUT2D eigenvalue weighted by Gasteiger charge is 2.17. The van der Waals surface area contributed by atoms with Crippen LogP contribution in [0.5, 0.6) is 11.5 Å². The molecule has 9 nitrogen and oxygen atoms in total. The number of benzene rings is 2. The molecule has 0 saturated heterocycles. The molecule has 2 aromatic carbocycles. The van der Waals surface area contributed by atoms with Crippen molar-refractivity contribution >= 4 is 35.0 Å². The largest absolute Gasteiger partial charge is 0.504 e. The van der Waals surface area contributed by atoms with Crippen LogP contribution in [-0.2, 0) is 4.79 Å². The number of aromatic hydroxyl groups is 1. The SMILES string of the molecule is COc1cc(C(C)=NNC(=O)CSc2nnc(-c3ccncc3)n2-c2ccc(Cl)cc2)ccc1O. The maximum atomic E-state index is 12.5. The molecule has 2 heterocycles. The van der Waals surface area contributed by atoms with Gasteiger partial charge in [0.15, 0.2) is 22.5 Å². The number of amides is 1. The van der Waals surface area contributed by atoms with Gasteiger partial charge in [0.1, 0.15) is 0 Å². The Labute approximate surface area is 210 Å². The first-order chi connectivity index (χ1) is 17.0. The second-order valence-corrected chi connectivity index (χ2v) is 8.64. The van der Waals surface area contributed by atoms with Gasteiger partial charge in [0, 0.05) is 34.2 Å². The van der Waals surface area contributed by atoms with E-state index in [-0.39, 0.29) is 17.4 Å². The number of nitrogens with one attached hydrogen (secondary N) is 1. The molecule has 0 aliphatic heterocycles. The van der Waals surface area contributed by atoms with Crippen LogP contribution in [0.15, 0.2) is 77.2 Å². The average molecular weight is 509 g/mol. The van der Waals surface area contributed by atoms with Gasteiger partial charge >= 0.3 is 0 Å². The fourth-order valence-corrected chi connectivity index (χ4v) is 4.02. The summed E-state index contributed by atoms with van der Waals surface area (Å²) in [5.41, 5.74) is 5.46. The Morgan fingerprint density at radius 1 is 1.14 bits per heavy atom. The van der Waals surface area contributed by atoms with Crippen molar-refractivity contribution in [2.24, 2.45) is 5.10 Å². The van der Waals surface area contributed by atoms with E-state index in [1.165, 1.54) is 24.9 Å². The number of aromatic nitrogens is 4. The van der Waals surface area contributed by atoms with Gasteiger partial charge in [0.2, 0.25) is 0 Å². The van der Waals surface area contributed by atoms with E-state index in [1.54, 1.807) is 43.6 Å². The highest BCUT2D eigenvalue weighted by molar-refractivity contribution is 7.99. The fourth-order valence-electron chi connectivity index (χ4n) is 3.15. The van der Waals surface area contributed by atoms with Crippen LogP contribution in [-0.4, -0.2) is 49.3 Å². The molecule has 1 amide bonds. The number of rotatable bonds is 8. The highest BCUT2D eigenvalue weighted by atomic mass is 35.5. The van der Waals surface area contributed by atoms with Gasteiger partial charge in [-0.2, -0.15) is 5.10 Å². The minimum atomic E-state index is -0.309. The van der Waals surface area contributed by atoms with Crippen LogP contribution < -0.4 is 10.2 Å². The smallest absolute Gasteiger partial charge is 0.250 e. The van der Waals surface area contributed by atoms with Gasteiger partial charge in [0.25, 0.3) is 5.91 Å². The van der Waals surface area contributed by atoms with Gasteiger partial charge in [-0.3, -0.25) is 14.3 Å². The van der Waals surface area contributed by atoms with Gasteiger partial charge < -0.3 is 9.84 Å². The summed E-state index contributed by atoms with van der Waals surface area (Å²) in [5, 5.41) is 23.7. The van der Waals surface area contributed by atoms with Crippen LogP contribution in [0, 0.1) is 0 Å². The summed E-state index contributed by atoms with van der Waals surface area (Å²) in [5.74, 6) is 0.729. The predicted molar refractivity (Wildman–Crippen MR) is 135 cm³/mol. The summed E-state index contributed by atoms with van der Waals surface area (Å²) in [4.78, 5) is 16.6. The minimum absolute atomic E-state index is 0.0282. The van der Waals surface area contributed by atoms with Crippen molar-refractivity contribution < 1.29 is 14.6 Å². The Bertz CT molecular complexity index is 1360. The van der Waals surface area contributed by atoms with E-state index in [1.807, 2.05) is 28.8 Å². The molecule has 0 aliphatic rings. The lowest BCUT2D eigenvalue weighted by atomic mass is 10.1. The molecule has 0 fully saturated rings. The topological polar surface area (TPSA) is 115 Å². The first-order valence-corrected chi connectivity index (χ1v) is 11.8. The third kappa shape index (κ3) is 5.79. The summed E-state index contributed by atoms with van der Waals surface area (Å²) in [6.45, 7) is 1.75. The van der Waals surface area contributed by atoms with Crippen LogP contribution in [0.1, 0.15) is 12.5 Å². The first kappa shape index (κ1) is 24.2. The molecule has 2 N–H and O–H groups in total. The number of hydrazone groups is 1. The molecule has 0 saturated carbocycles. The Kier molecular flexibility index (Phi) is 7.64. The molecular formula is C24H21ClN6O3S. The van der Waals surface area contributed by atoms with E-state index in [2.05, 4.69) is 25.7 Å². The number of halogens is 1. The molecule has 0 aliphatic carbocycles. The summed E-state index contributed by atoms with van der Waals surface area (Å²) >= 11 is 7.29. The third-order valence-corrected chi connectivity index (χ3v) is 6.12. The second kappa shape index (κ2) is 11.0. The van der Waals surface area contributed by atoms with Crippen molar-refractivity contribution in [1.29, 1.82) is 0 Å². The lowest BCUT2D eigenvalue weighted by Crippen LogP contribution is -2.21. The van der Waals surface area contributed by atoms with Crippen molar-refractivity contribution in [3.05, 3.63) is 77.6 Å². The van der Waals surface area contributed by atoms with Crippen molar-refractivity contribution in [3.8, 4) is 28.6 Å². The van der Waals surface area contributed by atoms with E-state index in [0.717, 1.165) is 11.3 Å². The van der Waals surface area contributed by atoms with E-state index >= 15 is 0 Å². The number of hydrogen-bond donors (Lipinski definition) is 2. The number of methoxy groups -OCH3 is 1. The lowest BCUT2D eigenvalue weighted by molar-refractivity contribution is -0.118. The standard InChI is InChI=1S/C24H21ClN6O3S/c1-15(17-3-8-20(32)21(13-17)34-2)27-28-22(33)14-35-24-30-29-23(16-9-11-26-12-10-16)31(24)19-6-4-18(25)5-7-19/h3-13,32H,14H2,1-2H3,(H,28,33). The molecule has 4 aromatic rings. The van der Waals surface area contributed by atoms with Gasteiger partial charge in [-0.15, -0.1) is 10.2 Å². The summed E-state index contributed by atoms with van der Waals surface area (Å²) in [6.07, 6.45) is 3.36. The van der Waals surface area contributed by atoms with Gasteiger partial charge in [-0.1, -0.05) is 23.4 Å². The molecule has 0 radical (unpaired) electrons. The van der Waals surface area contributed by atoms with Crippen molar-refractivity contribution in [2.45, 2.75) is 12.1 Å². The highest BCUT2D eigenvalue weighted by Crippen LogP contribution is 2.29. The number of phenols is 1. The number of pyridine rings is 1. The normalized spacial score (nSPS) is 11.3.